The highest BCUT2D eigenvalue weighted by atomic mass is 35.5. The number of nitrogens with zero attached hydrogens (tertiary/aromatic N) is 2. The first-order chi connectivity index (χ1) is 20.5. The van der Waals surface area contributed by atoms with Crippen LogP contribution in [0.2, 0.25) is 20.1 Å². The summed E-state index contributed by atoms with van der Waals surface area (Å²) in [4.78, 5) is 66.8. The fourth-order valence-corrected chi connectivity index (χ4v) is 6.13. The average Bonchev–Trinajstić information content (AvgIpc) is 3.21. The Morgan fingerprint density at radius 1 is 0.860 bits per heavy atom. The number of allylic oxidation sites excluding steroid dienone is 2. The number of ether oxygens (including phenoxy) is 1. The molecule has 3 aromatic carbocycles. The smallest absolute Gasteiger partial charge is 0.345 e. The number of esters is 1. The van der Waals surface area contributed by atoms with Crippen LogP contribution in [0.3, 0.4) is 0 Å². The normalized spacial score (nSPS) is 19.3. The Labute approximate surface area is 266 Å². The first-order valence-corrected chi connectivity index (χ1v) is 14.6. The topological polar surface area (TPSA) is 101 Å². The van der Waals surface area contributed by atoms with Crippen molar-refractivity contribution in [1.29, 1.82) is 0 Å². The zero-order valence-corrected chi connectivity index (χ0v) is 25.5. The van der Waals surface area contributed by atoms with Gasteiger partial charge in [-0.2, -0.15) is 5.01 Å². The predicted octanol–water partition coefficient (Wildman–Crippen LogP) is 6.96. The van der Waals surface area contributed by atoms with Crippen molar-refractivity contribution in [2.45, 2.75) is 13.3 Å². The van der Waals surface area contributed by atoms with Crippen LogP contribution >= 0.6 is 46.4 Å². The maximum atomic E-state index is 13.8. The average molecular weight is 660 g/mol. The van der Waals surface area contributed by atoms with Gasteiger partial charge in [-0.05, 0) is 73.0 Å². The number of amides is 3. The van der Waals surface area contributed by atoms with E-state index >= 15 is 0 Å². The molecule has 0 radical (unpaired) electrons. The number of imide groups is 1. The van der Waals surface area contributed by atoms with Crippen molar-refractivity contribution in [3.05, 3.63) is 110 Å². The Morgan fingerprint density at radius 2 is 1.47 bits per heavy atom. The van der Waals surface area contributed by atoms with Gasteiger partial charge in [0.05, 0.1) is 33.0 Å². The van der Waals surface area contributed by atoms with Gasteiger partial charge in [0.2, 0.25) is 0 Å². The van der Waals surface area contributed by atoms with Gasteiger partial charge < -0.3 is 4.74 Å². The molecule has 1 aliphatic heterocycles. The number of hydrogen-bond acceptors (Lipinski definition) is 6. The standard InChI is InChI=1S/C31H22Cl4N2O6/c1-16-3-2-4-23-27(16)30(41)37(29(23)40)36(28(39)21-11-7-18(32)13-24(21)34)15-26(38)17-5-9-20(10-6-17)43-31(42)22-12-8-19(33)14-25(22)35/h2-3,5-14,16,23,27H,4,15H2,1H3/t16-,23-,27-/m1/s1. The molecule has 3 aromatic rings. The maximum absolute atomic E-state index is 13.8. The number of Topliss-reactive ketones (excluding diaryl/α,β-unsaturated/α-hetero) is 1. The Kier molecular flexibility index (Phi) is 8.94. The third-order valence-corrected chi connectivity index (χ3v) is 8.41. The second-order valence-electron chi connectivity index (χ2n) is 10.1. The Balaban J connectivity index is 1.40. The Hall–Kier alpha value is -3.69. The van der Waals surface area contributed by atoms with Crippen molar-refractivity contribution >= 4 is 75.9 Å². The number of carbonyl (C=O) groups is 5. The molecule has 1 saturated heterocycles. The molecule has 1 heterocycles. The summed E-state index contributed by atoms with van der Waals surface area (Å²) in [6.45, 7) is 1.18. The van der Waals surface area contributed by atoms with Crippen molar-refractivity contribution in [3.8, 4) is 5.75 Å². The molecule has 0 bridgehead atoms. The highest BCUT2D eigenvalue weighted by Gasteiger charge is 2.53. The summed E-state index contributed by atoms with van der Waals surface area (Å²) in [7, 11) is 0. The van der Waals surface area contributed by atoms with Gasteiger partial charge in [0.1, 0.15) is 12.3 Å². The molecule has 2 aliphatic rings. The van der Waals surface area contributed by atoms with Gasteiger partial charge in [-0.15, -0.1) is 0 Å². The summed E-state index contributed by atoms with van der Waals surface area (Å²) in [5, 5.41) is 2.36. The van der Waals surface area contributed by atoms with Gasteiger partial charge in [0, 0.05) is 15.6 Å². The third kappa shape index (κ3) is 6.19. The number of carbonyl (C=O) groups excluding carboxylic acids is 5. The van der Waals surface area contributed by atoms with Crippen molar-refractivity contribution < 1.29 is 28.7 Å². The third-order valence-electron chi connectivity index (χ3n) is 7.32. The first kappa shape index (κ1) is 30.8. The van der Waals surface area contributed by atoms with E-state index in [1.807, 2.05) is 19.1 Å². The van der Waals surface area contributed by atoms with Gasteiger partial charge in [-0.3, -0.25) is 19.2 Å². The maximum Gasteiger partial charge on any atom is 0.345 e. The van der Waals surface area contributed by atoms with Crippen LogP contribution in [0.25, 0.3) is 0 Å². The Morgan fingerprint density at radius 3 is 2.05 bits per heavy atom. The molecule has 0 saturated carbocycles. The van der Waals surface area contributed by atoms with E-state index in [9.17, 15) is 24.0 Å². The zero-order chi connectivity index (χ0) is 31.0. The molecule has 220 valence electrons. The van der Waals surface area contributed by atoms with E-state index in [2.05, 4.69) is 0 Å². The number of benzene rings is 3. The minimum absolute atomic E-state index is 0.00606. The van der Waals surface area contributed by atoms with E-state index in [1.165, 1.54) is 60.7 Å². The molecular weight excluding hydrogens is 638 g/mol. The molecule has 8 nitrogen and oxygen atoms in total. The van der Waals surface area contributed by atoms with Crippen molar-refractivity contribution in [2.75, 3.05) is 6.54 Å². The lowest BCUT2D eigenvalue weighted by molar-refractivity contribution is -0.154. The summed E-state index contributed by atoms with van der Waals surface area (Å²) >= 11 is 24.3. The van der Waals surface area contributed by atoms with Gasteiger partial charge in [0.15, 0.2) is 5.78 Å². The van der Waals surface area contributed by atoms with Crippen LogP contribution in [-0.4, -0.2) is 46.0 Å². The second kappa shape index (κ2) is 12.5. The van der Waals surface area contributed by atoms with Gasteiger partial charge in [0.25, 0.3) is 17.7 Å². The van der Waals surface area contributed by atoms with E-state index in [4.69, 9.17) is 51.1 Å². The summed E-state index contributed by atoms with van der Waals surface area (Å²) in [5.41, 5.74) is 0.200. The van der Waals surface area contributed by atoms with E-state index in [1.54, 1.807) is 0 Å². The minimum atomic E-state index is -0.818. The lowest BCUT2D eigenvalue weighted by Gasteiger charge is -2.30. The van der Waals surface area contributed by atoms with Crippen molar-refractivity contribution in [2.24, 2.45) is 17.8 Å². The van der Waals surface area contributed by atoms with Crippen LogP contribution in [0, 0.1) is 17.8 Å². The fraction of sp³-hybridized carbons (Fsp3) is 0.194. The highest BCUT2D eigenvalue weighted by molar-refractivity contribution is 6.37. The fourth-order valence-electron chi connectivity index (χ4n) is 5.16. The molecule has 43 heavy (non-hydrogen) atoms. The number of fused-ring (bicyclic) bond motifs is 1. The molecule has 5 rings (SSSR count). The summed E-state index contributed by atoms with van der Waals surface area (Å²) < 4.78 is 5.36. The van der Waals surface area contributed by atoms with Crippen LogP contribution < -0.4 is 4.74 Å². The van der Waals surface area contributed by atoms with Crippen molar-refractivity contribution in [3.63, 3.8) is 0 Å². The lowest BCUT2D eigenvalue weighted by Crippen LogP contribution is -2.52. The van der Waals surface area contributed by atoms with Crippen molar-refractivity contribution in [1.82, 2.24) is 10.0 Å². The molecule has 3 atom stereocenters. The number of halogens is 4. The highest BCUT2D eigenvalue weighted by Crippen LogP contribution is 2.39. The molecule has 0 N–H and O–H groups in total. The van der Waals surface area contributed by atoms with Crippen LogP contribution in [-0.2, 0) is 9.59 Å². The SMILES string of the molecule is C[C@@H]1C=CC[C@H]2C(=O)N(N(CC(=O)c3ccc(OC(=O)c4ccc(Cl)cc4Cl)cc3)C(=O)c3ccc(Cl)cc3Cl)C(=O)[C@H]12. The van der Waals surface area contributed by atoms with Crippen LogP contribution in [0.15, 0.2) is 72.8 Å². The summed E-state index contributed by atoms with van der Waals surface area (Å²) in [6.07, 6.45) is 4.04. The largest absolute Gasteiger partial charge is 0.423 e. The van der Waals surface area contributed by atoms with E-state index < -0.39 is 47.9 Å². The van der Waals surface area contributed by atoms with Gasteiger partial charge in [-0.1, -0.05) is 65.5 Å². The van der Waals surface area contributed by atoms with Gasteiger partial charge >= 0.3 is 5.97 Å². The lowest BCUT2D eigenvalue weighted by atomic mass is 9.78. The Bertz CT molecular complexity index is 1690. The molecule has 0 spiro atoms. The predicted molar refractivity (Wildman–Crippen MR) is 161 cm³/mol. The number of rotatable bonds is 7. The van der Waals surface area contributed by atoms with E-state index in [0.717, 1.165) is 10.0 Å². The quantitative estimate of drug-likeness (QED) is 0.0894. The zero-order valence-electron chi connectivity index (χ0n) is 22.4. The van der Waals surface area contributed by atoms with E-state index in [-0.39, 0.29) is 43.4 Å². The second-order valence-corrected chi connectivity index (χ2v) is 11.8. The summed E-state index contributed by atoms with van der Waals surface area (Å²) in [6, 6.07) is 14.1. The molecule has 3 amide bonds. The molecular formula is C31H22Cl4N2O6. The number of hydrazine groups is 1. The minimum Gasteiger partial charge on any atom is -0.423 e. The first-order valence-electron chi connectivity index (χ1n) is 13.1. The van der Waals surface area contributed by atoms with Crippen LogP contribution in [0.1, 0.15) is 44.4 Å². The monoisotopic (exact) mass is 658 g/mol. The van der Waals surface area contributed by atoms with E-state index in [0.29, 0.717) is 11.4 Å². The molecule has 0 unspecified atom stereocenters. The number of hydrogen-bond donors (Lipinski definition) is 0. The number of ketones is 1. The van der Waals surface area contributed by atoms with Crippen LogP contribution in [0.4, 0.5) is 0 Å². The molecule has 1 aliphatic carbocycles. The van der Waals surface area contributed by atoms with Crippen LogP contribution in [0.5, 0.6) is 5.75 Å². The molecule has 1 fully saturated rings. The van der Waals surface area contributed by atoms with Gasteiger partial charge in [-0.25, -0.2) is 9.80 Å². The molecule has 12 heteroatoms. The molecule has 0 aromatic heterocycles. The summed E-state index contributed by atoms with van der Waals surface area (Å²) in [5.74, 6) is -4.68.